The second-order valence-electron chi connectivity index (χ2n) is 3.56. The minimum Gasteiger partial charge on any atom is -0.480 e. The zero-order valence-corrected chi connectivity index (χ0v) is 10.7. The van der Waals surface area contributed by atoms with Crippen LogP contribution in [0.15, 0.2) is 30.9 Å². The summed E-state index contributed by atoms with van der Waals surface area (Å²) in [5, 5.41) is 9.71. The van der Waals surface area contributed by atoms with E-state index in [2.05, 4.69) is 6.58 Å². The molecule has 1 rings (SSSR count). The van der Waals surface area contributed by atoms with Crippen LogP contribution in [0.4, 0.5) is 0 Å². The van der Waals surface area contributed by atoms with Crippen LogP contribution in [0, 0.1) is 0 Å². The Morgan fingerprint density at radius 1 is 1.47 bits per heavy atom. The first-order valence-corrected chi connectivity index (χ1v) is 5.78. The van der Waals surface area contributed by atoms with Gasteiger partial charge in [0.1, 0.15) is 0 Å². The first-order chi connectivity index (χ1) is 8.04. The molecule has 3 nitrogen and oxygen atoms in total. The van der Waals surface area contributed by atoms with Crippen molar-refractivity contribution in [3.8, 4) is 0 Å². The maximum absolute atomic E-state index is 10.7. The van der Waals surface area contributed by atoms with Gasteiger partial charge in [-0.1, -0.05) is 41.4 Å². The van der Waals surface area contributed by atoms with Crippen molar-refractivity contribution >= 4 is 29.2 Å². The number of carbonyl (C=O) groups is 1. The summed E-state index contributed by atoms with van der Waals surface area (Å²) in [6.07, 6.45) is 1.65. The normalized spacial score (nSPS) is 10.5. The molecule has 5 heteroatoms. The third-order valence-corrected chi connectivity index (χ3v) is 3.03. The Balaban J connectivity index is 2.81. The monoisotopic (exact) mass is 273 g/mol. The lowest BCUT2D eigenvalue weighted by Gasteiger charge is -2.19. The van der Waals surface area contributed by atoms with Gasteiger partial charge in [0.2, 0.25) is 0 Å². The van der Waals surface area contributed by atoms with Crippen molar-refractivity contribution in [2.75, 3.05) is 13.1 Å². The van der Waals surface area contributed by atoms with Crippen molar-refractivity contribution in [2.24, 2.45) is 0 Å². The van der Waals surface area contributed by atoms with Crippen LogP contribution >= 0.6 is 23.2 Å². The number of nitrogens with zero attached hydrogens (tertiary/aromatic N) is 1. The molecular formula is C12H13Cl2NO2. The average molecular weight is 274 g/mol. The second kappa shape index (κ2) is 6.64. The van der Waals surface area contributed by atoms with E-state index < -0.39 is 5.97 Å². The van der Waals surface area contributed by atoms with Gasteiger partial charge in [-0.3, -0.25) is 9.69 Å². The zero-order valence-electron chi connectivity index (χ0n) is 9.20. The van der Waals surface area contributed by atoms with Crippen LogP contribution in [0.5, 0.6) is 0 Å². The molecule has 0 bridgehead atoms. The van der Waals surface area contributed by atoms with Crippen molar-refractivity contribution in [1.82, 2.24) is 4.90 Å². The molecule has 1 N–H and O–H groups in total. The summed E-state index contributed by atoms with van der Waals surface area (Å²) in [6, 6.07) is 5.31. The molecule has 0 unspecified atom stereocenters. The largest absolute Gasteiger partial charge is 0.480 e. The van der Waals surface area contributed by atoms with Crippen molar-refractivity contribution in [1.29, 1.82) is 0 Å². The molecule has 0 radical (unpaired) electrons. The number of carboxylic acid groups (broad SMARTS) is 1. The molecule has 1 aromatic rings. The van der Waals surface area contributed by atoms with Gasteiger partial charge in [0, 0.05) is 13.1 Å². The van der Waals surface area contributed by atoms with Crippen LogP contribution in [-0.2, 0) is 11.3 Å². The molecule has 0 fully saturated rings. The lowest BCUT2D eigenvalue weighted by Crippen LogP contribution is -2.29. The van der Waals surface area contributed by atoms with Crippen LogP contribution < -0.4 is 0 Å². The molecule has 0 aliphatic heterocycles. The molecule has 92 valence electrons. The van der Waals surface area contributed by atoms with Crippen molar-refractivity contribution in [3.05, 3.63) is 46.5 Å². The molecule has 0 atom stereocenters. The average Bonchev–Trinajstić information content (AvgIpc) is 2.24. The minimum absolute atomic E-state index is 0.0607. The number of aliphatic carboxylic acids is 1. The quantitative estimate of drug-likeness (QED) is 0.810. The van der Waals surface area contributed by atoms with Gasteiger partial charge in [-0.25, -0.2) is 0 Å². The Morgan fingerprint density at radius 3 is 2.76 bits per heavy atom. The van der Waals surface area contributed by atoms with Crippen LogP contribution in [-0.4, -0.2) is 29.1 Å². The Morgan fingerprint density at radius 2 is 2.18 bits per heavy atom. The predicted octanol–water partition coefficient (Wildman–Crippen LogP) is 3.07. The van der Waals surface area contributed by atoms with Gasteiger partial charge in [0.05, 0.1) is 16.6 Å². The molecule has 0 heterocycles. The number of halogens is 2. The lowest BCUT2D eigenvalue weighted by molar-refractivity contribution is -0.138. The molecule has 0 spiro atoms. The van der Waals surface area contributed by atoms with E-state index in [1.165, 1.54) is 0 Å². The van der Waals surface area contributed by atoms with E-state index in [9.17, 15) is 4.79 Å². The summed E-state index contributed by atoms with van der Waals surface area (Å²) in [5.74, 6) is -0.884. The maximum Gasteiger partial charge on any atom is 0.317 e. The number of hydrogen-bond donors (Lipinski definition) is 1. The molecule has 1 aromatic carbocycles. The molecule has 0 aliphatic carbocycles. The molecule has 0 saturated heterocycles. The Hall–Kier alpha value is -1.03. The van der Waals surface area contributed by atoms with Gasteiger partial charge in [0.25, 0.3) is 0 Å². The number of rotatable bonds is 6. The standard InChI is InChI=1S/C12H13Cl2NO2/c1-2-6-15(8-11(16)17)7-9-4-3-5-10(13)12(9)14/h2-5H,1,6-8H2,(H,16,17). The number of benzene rings is 1. The summed E-state index contributed by atoms with van der Waals surface area (Å²) >= 11 is 11.9. The van der Waals surface area contributed by atoms with E-state index in [4.69, 9.17) is 28.3 Å². The van der Waals surface area contributed by atoms with E-state index in [0.29, 0.717) is 23.1 Å². The van der Waals surface area contributed by atoms with Gasteiger partial charge in [-0.05, 0) is 11.6 Å². The van der Waals surface area contributed by atoms with Crippen LogP contribution in [0.25, 0.3) is 0 Å². The van der Waals surface area contributed by atoms with Crippen LogP contribution in [0.2, 0.25) is 10.0 Å². The predicted molar refractivity (Wildman–Crippen MR) is 69.6 cm³/mol. The summed E-state index contributed by atoms with van der Waals surface area (Å²) in [6.45, 7) is 4.44. The second-order valence-corrected chi connectivity index (χ2v) is 4.35. The van der Waals surface area contributed by atoms with Gasteiger partial charge in [-0.15, -0.1) is 6.58 Å². The van der Waals surface area contributed by atoms with Crippen molar-refractivity contribution in [3.63, 3.8) is 0 Å². The van der Waals surface area contributed by atoms with E-state index in [1.807, 2.05) is 6.07 Å². The Kier molecular flexibility index (Phi) is 5.48. The Bertz CT molecular complexity index is 421. The highest BCUT2D eigenvalue weighted by Gasteiger charge is 2.12. The van der Waals surface area contributed by atoms with Crippen molar-refractivity contribution < 1.29 is 9.90 Å². The van der Waals surface area contributed by atoms with E-state index >= 15 is 0 Å². The smallest absolute Gasteiger partial charge is 0.317 e. The SMILES string of the molecule is C=CCN(CC(=O)O)Cc1cccc(Cl)c1Cl. The van der Waals surface area contributed by atoms with E-state index in [1.54, 1.807) is 23.1 Å². The number of carboxylic acids is 1. The maximum atomic E-state index is 10.7. The summed E-state index contributed by atoms with van der Waals surface area (Å²) < 4.78 is 0. The highest BCUT2D eigenvalue weighted by atomic mass is 35.5. The minimum atomic E-state index is -0.884. The fourth-order valence-corrected chi connectivity index (χ4v) is 1.85. The first kappa shape index (κ1) is 14.0. The van der Waals surface area contributed by atoms with Gasteiger partial charge in [-0.2, -0.15) is 0 Å². The highest BCUT2D eigenvalue weighted by Crippen LogP contribution is 2.26. The zero-order chi connectivity index (χ0) is 12.8. The first-order valence-electron chi connectivity index (χ1n) is 5.02. The lowest BCUT2D eigenvalue weighted by atomic mass is 10.2. The molecular weight excluding hydrogens is 261 g/mol. The topological polar surface area (TPSA) is 40.5 Å². The van der Waals surface area contributed by atoms with Crippen LogP contribution in [0.3, 0.4) is 0 Å². The molecule has 0 aromatic heterocycles. The fourth-order valence-electron chi connectivity index (χ4n) is 1.47. The summed E-state index contributed by atoms with van der Waals surface area (Å²) in [5.41, 5.74) is 0.808. The molecule has 0 aliphatic rings. The van der Waals surface area contributed by atoms with Crippen LogP contribution in [0.1, 0.15) is 5.56 Å². The van der Waals surface area contributed by atoms with E-state index in [-0.39, 0.29) is 6.54 Å². The highest BCUT2D eigenvalue weighted by molar-refractivity contribution is 6.42. The van der Waals surface area contributed by atoms with Gasteiger partial charge >= 0.3 is 5.97 Å². The van der Waals surface area contributed by atoms with Gasteiger partial charge in [0.15, 0.2) is 0 Å². The third kappa shape index (κ3) is 4.38. The van der Waals surface area contributed by atoms with Crippen molar-refractivity contribution in [2.45, 2.75) is 6.54 Å². The fraction of sp³-hybridized carbons (Fsp3) is 0.250. The summed E-state index contributed by atoms with van der Waals surface area (Å²) in [7, 11) is 0. The Labute approximate surface area is 110 Å². The molecule has 0 saturated carbocycles. The molecule has 0 amide bonds. The van der Waals surface area contributed by atoms with Gasteiger partial charge < -0.3 is 5.11 Å². The summed E-state index contributed by atoms with van der Waals surface area (Å²) in [4.78, 5) is 12.4. The number of hydrogen-bond acceptors (Lipinski definition) is 2. The third-order valence-electron chi connectivity index (χ3n) is 2.17. The molecule has 17 heavy (non-hydrogen) atoms. The van der Waals surface area contributed by atoms with E-state index in [0.717, 1.165) is 5.56 Å².